The molecule has 4 N–H and O–H groups in total. The number of nitrogens with zero attached hydrogens (tertiary/aromatic N) is 4. The van der Waals surface area contributed by atoms with Crippen molar-refractivity contribution in [3.8, 4) is 6.07 Å². The molecule has 11 heteroatoms. The zero-order valence-corrected chi connectivity index (χ0v) is 18.4. The summed E-state index contributed by atoms with van der Waals surface area (Å²) in [5.41, 5.74) is 5.29. The number of nitrogen functional groups attached to an aromatic ring is 1. The minimum atomic E-state index is -1.95. The van der Waals surface area contributed by atoms with E-state index in [2.05, 4.69) is 10.1 Å². The molecule has 34 heavy (non-hydrogen) atoms. The zero-order chi connectivity index (χ0) is 24.3. The summed E-state index contributed by atoms with van der Waals surface area (Å²) in [6.45, 7) is 1.50. The quantitative estimate of drug-likeness (QED) is 0.317. The van der Waals surface area contributed by atoms with E-state index in [-0.39, 0.29) is 24.5 Å². The molecule has 5 atom stereocenters. The fourth-order valence-electron chi connectivity index (χ4n) is 3.95. The Labute approximate surface area is 195 Å². The van der Waals surface area contributed by atoms with Gasteiger partial charge in [-0.15, -0.1) is 0 Å². The van der Waals surface area contributed by atoms with Crippen LogP contribution in [0.4, 0.5) is 5.82 Å². The minimum Gasteiger partial charge on any atom is -0.456 e. The molecule has 2 aromatic heterocycles. The highest BCUT2D eigenvalue weighted by atomic mass is 16.6. The van der Waals surface area contributed by atoms with Crippen LogP contribution in [0.2, 0.25) is 0 Å². The van der Waals surface area contributed by atoms with E-state index in [1.54, 1.807) is 43.3 Å². The summed E-state index contributed by atoms with van der Waals surface area (Å²) in [5, 5.41) is 35.4. The van der Waals surface area contributed by atoms with E-state index in [9.17, 15) is 20.3 Å². The van der Waals surface area contributed by atoms with Crippen molar-refractivity contribution in [2.75, 3.05) is 12.3 Å². The first kappa shape index (κ1) is 23.6. The Morgan fingerprint density at radius 1 is 1.35 bits per heavy atom. The van der Waals surface area contributed by atoms with E-state index in [0.717, 1.165) is 5.56 Å². The van der Waals surface area contributed by atoms with Gasteiger partial charge >= 0.3 is 5.97 Å². The molecule has 1 aliphatic rings. The summed E-state index contributed by atoms with van der Waals surface area (Å²) in [4.78, 5) is 16.6. The molecule has 3 aromatic rings. The largest absolute Gasteiger partial charge is 0.456 e. The van der Waals surface area contributed by atoms with Crippen molar-refractivity contribution in [3.63, 3.8) is 0 Å². The van der Waals surface area contributed by atoms with Crippen LogP contribution in [-0.4, -0.2) is 62.0 Å². The number of aromatic nitrogens is 3. The molecule has 0 radical (unpaired) electrons. The standard InChI is InChI=1S/C23H25N5O6/c1-2-18(29)32-11-16-20(33-19(30)10-14-6-4-3-5-7-14)21(31)23(12-24,34-16)17-9-8-15-22(25)26-13-27-28(15)17/h3-9,13,16,18,20-21,29,31H,2,10-11H2,1H3,(H2,25,26,27)/t16-,18?,20-,21-,23+/m1/s1. The van der Waals surface area contributed by atoms with Gasteiger partial charge in [0.05, 0.1) is 18.7 Å². The first-order chi connectivity index (χ1) is 16.4. The van der Waals surface area contributed by atoms with E-state index < -0.39 is 36.2 Å². The minimum absolute atomic E-state index is 0.0351. The molecule has 0 amide bonds. The third-order valence-electron chi connectivity index (χ3n) is 5.72. The number of aliphatic hydroxyl groups is 2. The lowest BCUT2D eigenvalue weighted by Gasteiger charge is -2.24. The molecular weight excluding hydrogens is 442 g/mol. The van der Waals surface area contributed by atoms with Crippen LogP contribution in [0.25, 0.3) is 5.52 Å². The second-order valence-corrected chi connectivity index (χ2v) is 7.92. The smallest absolute Gasteiger partial charge is 0.310 e. The molecular formula is C23H25N5O6. The number of fused-ring (bicyclic) bond motifs is 1. The van der Waals surface area contributed by atoms with Crippen LogP contribution in [-0.2, 0) is 31.0 Å². The number of hydrogen-bond acceptors (Lipinski definition) is 10. The van der Waals surface area contributed by atoms with Gasteiger partial charge in [0.2, 0.25) is 5.60 Å². The number of anilines is 1. The Hall–Kier alpha value is -3.56. The van der Waals surface area contributed by atoms with Crippen LogP contribution < -0.4 is 5.73 Å². The number of carbonyl (C=O) groups is 1. The molecule has 0 saturated carbocycles. The lowest BCUT2D eigenvalue weighted by atomic mass is 9.92. The van der Waals surface area contributed by atoms with Gasteiger partial charge in [-0.05, 0) is 24.1 Å². The summed E-state index contributed by atoms with van der Waals surface area (Å²) in [5.74, 6) is -0.432. The molecule has 1 aromatic carbocycles. The normalized spacial score (nSPS) is 25.2. The number of esters is 1. The SMILES string of the molecule is CCC(O)OC[C@H]1O[C@@](C#N)(c2ccc3c(N)ncnn23)[C@H](O)[C@@H]1OC(=O)Cc1ccccc1. The van der Waals surface area contributed by atoms with E-state index in [4.69, 9.17) is 19.9 Å². The number of carbonyl (C=O) groups excluding carboxylic acids is 1. The maximum absolute atomic E-state index is 12.7. The van der Waals surface area contributed by atoms with Crippen LogP contribution >= 0.6 is 0 Å². The monoisotopic (exact) mass is 467 g/mol. The number of aliphatic hydroxyl groups excluding tert-OH is 2. The maximum Gasteiger partial charge on any atom is 0.310 e. The lowest BCUT2D eigenvalue weighted by molar-refractivity contribution is -0.164. The van der Waals surface area contributed by atoms with Crippen molar-refractivity contribution >= 4 is 17.3 Å². The fraction of sp³-hybridized carbons (Fsp3) is 0.391. The van der Waals surface area contributed by atoms with E-state index in [0.29, 0.717) is 11.9 Å². The summed E-state index contributed by atoms with van der Waals surface area (Å²) >= 11 is 0. The van der Waals surface area contributed by atoms with Crippen molar-refractivity contribution < 1.29 is 29.2 Å². The molecule has 0 aliphatic carbocycles. The third kappa shape index (κ3) is 4.32. The van der Waals surface area contributed by atoms with E-state index >= 15 is 0 Å². The molecule has 178 valence electrons. The summed E-state index contributed by atoms with van der Waals surface area (Å²) in [6, 6.07) is 14.1. The van der Waals surface area contributed by atoms with Gasteiger partial charge in [-0.2, -0.15) is 10.4 Å². The zero-order valence-electron chi connectivity index (χ0n) is 18.4. The van der Waals surface area contributed by atoms with Crippen molar-refractivity contribution in [1.29, 1.82) is 5.26 Å². The van der Waals surface area contributed by atoms with Gasteiger partial charge in [0.15, 0.2) is 18.2 Å². The second-order valence-electron chi connectivity index (χ2n) is 7.92. The average molecular weight is 467 g/mol. The highest BCUT2D eigenvalue weighted by molar-refractivity contribution is 5.73. The van der Waals surface area contributed by atoms with Crippen LogP contribution in [0.5, 0.6) is 0 Å². The second kappa shape index (κ2) is 9.74. The van der Waals surface area contributed by atoms with Gasteiger partial charge in [-0.25, -0.2) is 9.50 Å². The first-order valence-corrected chi connectivity index (χ1v) is 10.8. The molecule has 0 spiro atoms. The summed E-state index contributed by atoms with van der Waals surface area (Å²) in [6.07, 6.45) is -3.46. The van der Waals surface area contributed by atoms with Crippen molar-refractivity contribution in [1.82, 2.24) is 14.6 Å². The Morgan fingerprint density at radius 2 is 2.12 bits per heavy atom. The highest BCUT2D eigenvalue weighted by Crippen LogP contribution is 2.42. The topological polar surface area (TPSA) is 165 Å². The van der Waals surface area contributed by atoms with Crippen LogP contribution in [0.3, 0.4) is 0 Å². The Balaban J connectivity index is 1.66. The Morgan fingerprint density at radius 3 is 2.82 bits per heavy atom. The van der Waals surface area contributed by atoms with Crippen molar-refractivity contribution in [2.24, 2.45) is 0 Å². The molecule has 1 saturated heterocycles. The van der Waals surface area contributed by atoms with Crippen LogP contribution in [0, 0.1) is 11.3 Å². The number of nitriles is 1. The summed E-state index contributed by atoms with van der Waals surface area (Å²) in [7, 11) is 0. The number of rotatable bonds is 8. The van der Waals surface area contributed by atoms with Gasteiger partial charge in [0.1, 0.15) is 30.1 Å². The maximum atomic E-state index is 12.7. The van der Waals surface area contributed by atoms with Gasteiger partial charge in [-0.1, -0.05) is 37.3 Å². The number of hydrogen-bond donors (Lipinski definition) is 3. The fourth-order valence-corrected chi connectivity index (χ4v) is 3.95. The van der Waals surface area contributed by atoms with Gasteiger partial charge in [-0.3, -0.25) is 4.79 Å². The van der Waals surface area contributed by atoms with Gasteiger partial charge < -0.3 is 30.2 Å². The van der Waals surface area contributed by atoms with E-state index in [1.807, 2.05) is 12.1 Å². The third-order valence-corrected chi connectivity index (χ3v) is 5.72. The Bertz CT molecular complexity index is 1200. The number of nitrogens with two attached hydrogens (primary N) is 1. The van der Waals surface area contributed by atoms with Gasteiger partial charge in [0, 0.05) is 0 Å². The highest BCUT2D eigenvalue weighted by Gasteiger charge is 2.59. The molecule has 11 nitrogen and oxygen atoms in total. The molecule has 1 unspecified atom stereocenters. The molecule has 1 aliphatic heterocycles. The van der Waals surface area contributed by atoms with Crippen LogP contribution in [0.1, 0.15) is 24.6 Å². The molecule has 0 bridgehead atoms. The summed E-state index contributed by atoms with van der Waals surface area (Å²) < 4.78 is 18.3. The van der Waals surface area contributed by atoms with E-state index in [1.165, 1.54) is 10.8 Å². The number of benzene rings is 1. The van der Waals surface area contributed by atoms with Crippen molar-refractivity contribution in [2.45, 2.75) is 50.0 Å². The van der Waals surface area contributed by atoms with Crippen LogP contribution in [0.15, 0.2) is 48.8 Å². The molecule has 1 fully saturated rings. The molecule has 3 heterocycles. The molecule has 4 rings (SSSR count). The first-order valence-electron chi connectivity index (χ1n) is 10.8. The number of ether oxygens (including phenoxy) is 3. The lowest BCUT2D eigenvalue weighted by Crippen LogP contribution is -2.43. The Kier molecular flexibility index (Phi) is 6.76. The van der Waals surface area contributed by atoms with Gasteiger partial charge in [0.25, 0.3) is 0 Å². The average Bonchev–Trinajstić information content (AvgIpc) is 3.39. The predicted molar refractivity (Wildman–Crippen MR) is 118 cm³/mol. The van der Waals surface area contributed by atoms with Crippen molar-refractivity contribution in [3.05, 3.63) is 60.0 Å². The predicted octanol–water partition coefficient (Wildman–Crippen LogP) is 0.690.